The maximum Gasteiger partial charge on any atom is 1.00 e. The second-order valence-corrected chi connectivity index (χ2v) is 9.40. The number of nitro groups is 2. The van der Waals surface area contributed by atoms with Crippen LogP contribution in [-0.4, -0.2) is 78.1 Å². The molecule has 2 heterocycles. The minimum Gasteiger partial charge on any atom is -1.00 e. The summed E-state index contributed by atoms with van der Waals surface area (Å²) in [6.45, 7) is 8.66. The quantitative estimate of drug-likeness (QED) is 0.0819. The van der Waals surface area contributed by atoms with E-state index in [-0.39, 0.29) is 140 Å². The van der Waals surface area contributed by atoms with Crippen molar-refractivity contribution in [3.63, 3.8) is 0 Å². The summed E-state index contributed by atoms with van der Waals surface area (Å²) in [4.78, 5) is 30.9. The van der Waals surface area contributed by atoms with Gasteiger partial charge in [0.1, 0.15) is 24.2 Å². The first-order valence-electron chi connectivity index (χ1n) is 12.9. The number of nitrogens with zero attached hydrogens (tertiary/aromatic N) is 2. The average Bonchev–Trinajstić information content (AvgIpc) is 3.52. The second kappa shape index (κ2) is 26.5. The summed E-state index contributed by atoms with van der Waals surface area (Å²) in [6, 6.07) is 11.3. The van der Waals surface area contributed by atoms with E-state index < -0.39 is 28.6 Å². The summed E-state index contributed by atoms with van der Waals surface area (Å²) < 4.78 is 42.5. The molecule has 2 unspecified atom stereocenters. The molecule has 0 aliphatic carbocycles. The normalized spacial score (nSPS) is 18.2. The van der Waals surface area contributed by atoms with Crippen LogP contribution in [0.15, 0.2) is 48.5 Å². The third kappa shape index (κ3) is 22.7. The first-order valence-corrected chi connectivity index (χ1v) is 12.7. The van der Waals surface area contributed by atoms with Crippen LogP contribution in [0.2, 0.25) is 0 Å². The third-order valence-electron chi connectivity index (χ3n) is 4.85. The number of nitro benzene ring substituents is 2. The molecule has 19 heteroatoms. The predicted molar refractivity (Wildman–Crippen MR) is 149 cm³/mol. The number of carbonyl (C=O) groups is 1. The van der Waals surface area contributed by atoms with Crippen LogP contribution in [-0.2, 0) is 28.6 Å². The number of non-ortho nitro benzene ring substituents is 2. The van der Waals surface area contributed by atoms with Crippen LogP contribution in [0.5, 0.6) is 11.5 Å². The van der Waals surface area contributed by atoms with Crippen molar-refractivity contribution in [3.05, 3.63) is 68.8 Å². The van der Waals surface area contributed by atoms with E-state index in [0.717, 1.165) is 6.07 Å². The zero-order valence-electron chi connectivity index (χ0n) is 27.9. The summed E-state index contributed by atoms with van der Waals surface area (Å²) in [5.41, 5.74) is -0.0866. The first-order chi connectivity index (χ1) is 20.6. The van der Waals surface area contributed by atoms with Gasteiger partial charge >= 0.3 is 103 Å². The largest absolute Gasteiger partial charge is 1.00 e. The van der Waals surface area contributed by atoms with Gasteiger partial charge in [-0.25, -0.2) is 0 Å². The molecular formula is C26H36ClFK2N2O13. The summed E-state index contributed by atoms with van der Waals surface area (Å²) in [5, 5.41) is 37.8. The molecule has 2 aliphatic heterocycles. The molecule has 2 fully saturated rings. The van der Waals surface area contributed by atoms with Crippen molar-refractivity contribution in [2.45, 2.75) is 51.5 Å². The van der Waals surface area contributed by atoms with Crippen LogP contribution in [0.1, 0.15) is 30.5 Å². The maximum atomic E-state index is 10.6. The second-order valence-electron chi connectivity index (χ2n) is 9.09. The number of halogens is 2. The van der Waals surface area contributed by atoms with Gasteiger partial charge in [-0.1, -0.05) is 12.1 Å². The van der Waals surface area contributed by atoms with Gasteiger partial charge in [-0.2, -0.15) is 0 Å². The topological polar surface area (TPSA) is 202 Å². The Morgan fingerprint density at radius 2 is 1.47 bits per heavy atom. The number of hydrogen-bond acceptors (Lipinski definition) is 13. The molecule has 2 atom stereocenters. The number of benzene rings is 2. The smallest absolute Gasteiger partial charge is 1.00 e. The SMILES string of the molecule is CC1(C)OCC(CCl)O1.CC1(C)OCC(COc2cccc([N+](=O)[O-])c2)O1.O=CO[O-].O=[N+]([O-])c1cccc(O)c1.[2H]CF.[H-].[K+].[K+]. The van der Waals surface area contributed by atoms with E-state index in [1.54, 1.807) is 12.1 Å². The Hall–Kier alpha value is -0.397. The monoisotopic (exact) mass is 717 g/mol. The van der Waals surface area contributed by atoms with E-state index in [1.165, 1.54) is 30.3 Å². The molecule has 0 amide bonds. The van der Waals surface area contributed by atoms with Gasteiger partial charge in [0.15, 0.2) is 11.6 Å². The van der Waals surface area contributed by atoms with E-state index in [0.29, 0.717) is 31.5 Å². The van der Waals surface area contributed by atoms with Gasteiger partial charge in [-0.05, 0) is 39.8 Å². The van der Waals surface area contributed by atoms with Crippen LogP contribution in [0.25, 0.3) is 0 Å². The molecule has 2 saturated heterocycles. The van der Waals surface area contributed by atoms with Crippen molar-refractivity contribution < 1.29 is 164 Å². The molecular weight excluding hydrogens is 681 g/mol. The Labute approximate surface area is 352 Å². The number of phenolic OH excluding ortho intramolecular Hbond substituents is 1. The van der Waals surface area contributed by atoms with E-state index in [9.17, 15) is 24.6 Å². The fourth-order valence-corrected chi connectivity index (χ4v) is 3.32. The molecule has 2 aromatic carbocycles. The number of carbonyl (C=O) groups excluding carboxylic acids is 1. The van der Waals surface area contributed by atoms with Gasteiger partial charge in [0.25, 0.3) is 17.8 Å². The molecule has 4 rings (SSSR count). The van der Waals surface area contributed by atoms with Crippen molar-refractivity contribution in [1.82, 2.24) is 0 Å². The number of rotatable bonds is 7. The molecule has 1 N–H and O–H groups in total. The Kier molecular flexibility index (Phi) is 27.6. The Morgan fingerprint density at radius 1 is 1.02 bits per heavy atom. The third-order valence-corrected chi connectivity index (χ3v) is 5.20. The zero-order valence-corrected chi connectivity index (χ0v) is 32.9. The van der Waals surface area contributed by atoms with E-state index in [2.05, 4.69) is 4.89 Å². The van der Waals surface area contributed by atoms with Gasteiger partial charge in [0.2, 0.25) is 0 Å². The fourth-order valence-electron chi connectivity index (χ4n) is 3.17. The number of alkyl halides is 2. The fraction of sp³-hybridized carbons (Fsp3) is 0.500. The van der Waals surface area contributed by atoms with E-state index in [1.807, 2.05) is 27.7 Å². The van der Waals surface area contributed by atoms with Gasteiger partial charge in [0.05, 0.1) is 55.7 Å². The Morgan fingerprint density at radius 3 is 1.80 bits per heavy atom. The molecule has 45 heavy (non-hydrogen) atoms. The molecule has 2 aliphatic rings. The molecule has 244 valence electrons. The molecule has 0 saturated carbocycles. The number of hydrogen-bond donors (Lipinski definition) is 1. The summed E-state index contributed by atoms with van der Waals surface area (Å²) in [5.74, 6) is -0.119. The molecule has 0 bridgehead atoms. The van der Waals surface area contributed by atoms with Crippen molar-refractivity contribution in [3.8, 4) is 11.5 Å². The summed E-state index contributed by atoms with van der Waals surface area (Å²) >= 11 is 5.53. The van der Waals surface area contributed by atoms with Gasteiger partial charge < -0.3 is 40.4 Å². The van der Waals surface area contributed by atoms with Crippen molar-refractivity contribution in [2.75, 3.05) is 32.9 Å². The van der Waals surface area contributed by atoms with Crippen molar-refractivity contribution in [2.24, 2.45) is 0 Å². The number of aromatic hydroxyl groups is 1. The standard InChI is InChI=1S/C12H15NO5.C6H11ClO2.C6H5NO3.CH3F.CH2O3.2K.H/c1-12(2)17-8-11(18-12)7-16-10-5-3-4-9(6-10)13(14)15;1-6(2)8-4-5(3-7)9-6;8-6-3-1-2-5(4-6)7(9)10;1-2;2-1-4-3;;;/h3-6,11H,7-8H2,1-2H3;5H,3-4H2,1-2H3;1-4,8H;1H3;1,3H;;;/q;;;;;2*+1;-1/p-1/i;;;1D;;;;. The Balaban J connectivity index is -0.000000275. The van der Waals surface area contributed by atoms with E-state index in [4.69, 9.17) is 51.8 Å². The van der Waals surface area contributed by atoms with E-state index >= 15 is 0 Å². The predicted octanol–water partition coefficient (Wildman–Crippen LogP) is -2.06. The average molecular weight is 718 g/mol. The van der Waals surface area contributed by atoms with Gasteiger partial charge in [-0.15, -0.1) is 11.6 Å². The maximum absolute atomic E-state index is 10.6. The minimum atomic E-state index is -1.00. The Bertz CT molecular complexity index is 1160. The summed E-state index contributed by atoms with van der Waals surface area (Å²) in [6.07, 6.45) is -0.0686. The van der Waals surface area contributed by atoms with Crippen LogP contribution in [0, 0.1) is 20.2 Å². The van der Waals surface area contributed by atoms with Crippen molar-refractivity contribution >= 4 is 29.4 Å². The first kappa shape index (κ1) is 46.7. The summed E-state index contributed by atoms with van der Waals surface area (Å²) in [7, 11) is -1.00. The van der Waals surface area contributed by atoms with Crippen LogP contribution >= 0.6 is 11.6 Å². The van der Waals surface area contributed by atoms with Crippen LogP contribution < -0.4 is 113 Å². The van der Waals surface area contributed by atoms with Crippen LogP contribution in [0.3, 0.4) is 0 Å². The zero-order chi connectivity index (χ0) is 33.8. The van der Waals surface area contributed by atoms with Gasteiger partial charge in [0, 0.05) is 12.1 Å². The number of phenols is 1. The number of ether oxygens (including phenoxy) is 5. The molecule has 0 radical (unpaired) electrons. The molecule has 2 aromatic rings. The molecule has 15 nitrogen and oxygen atoms in total. The molecule has 0 aromatic heterocycles. The van der Waals surface area contributed by atoms with Crippen LogP contribution in [0.4, 0.5) is 15.8 Å². The van der Waals surface area contributed by atoms with Gasteiger partial charge in [-0.3, -0.25) is 29.4 Å². The minimum absolute atomic E-state index is 0. The van der Waals surface area contributed by atoms with Crippen molar-refractivity contribution in [1.29, 1.82) is 0 Å². The molecule has 0 spiro atoms.